The van der Waals surface area contributed by atoms with Crippen LogP contribution in [0.25, 0.3) is 6.08 Å². The molecule has 0 aliphatic carbocycles. The fourth-order valence-corrected chi connectivity index (χ4v) is 3.49. The minimum absolute atomic E-state index is 0.0221. The molecule has 148 valence electrons. The van der Waals surface area contributed by atoms with Crippen LogP contribution in [0.2, 0.25) is 0 Å². The molecule has 0 unspecified atom stereocenters. The monoisotopic (exact) mass is 413 g/mol. The number of aryl methyl sites for hydroxylation is 1. The first kappa shape index (κ1) is 20.1. The molecule has 0 radical (unpaired) electrons. The van der Waals surface area contributed by atoms with Gasteiger partial charge in [0.25, 0.3) is 11.1 Å². The number of carbonyl (C=O) groups excluding carboxylic acids is 3. The van der Waals surface area contributed by atoms with Gasteiger partial charge in [-0.2, -0.15) is 0 Å². The maximum Gasteiger partial charge on any atom is 0.311 e. The Kier molecular flexibility index (Phi) is 5.64. The summed E-state index contributed by atoms with van der Waals surface area (Å²) in [6.07, 6.45) is 1.19. The highest BCUT2D eigenvalue weighted by atomic mass is 32.2. The van der Waals surface area contributed by atoms with Crippen LogP contribution in [0, 0.1) is 17.0 Å². The van der Waals surface area contributed by atoms with Crippen LogP contribution < -0.4 is 5.32 Å². The van der Waals surface area contributed by atoms with Crippen molar-refractivity contribution in [1.29, 1.82) is 0 Å². The smallest absolute Gasteiger partial charge is 0.311 e. The van der Waals surface area contributed by atoms with Crippen LogP contribution in [0.5, 0.6) is 5.75 Å². The molecule has 2 N–H and O–H groups in total. The summed E-state index contributed by atoms with van der Waals surface area (Å²) in [5.74, 6) is -1.87. The summed E-state index contributed by atoms with van der Waals surface area (Å²) in [6, 6.07) is 10.9. The predicted octanol–water partition coefficient (Wildman–Crippen LogP) is 3.28. The number of nitro groups is 1. The average Bonchev–Trinajstić information content (AvgIpc) is 2.90. The molecule has 1 aliphatic rings. The first-order chi connectivity index (χ1) is 13.8. The number of thioether (sulfide) groups is 1. The van der Waals surface area contributed by atoms with Gasteiger partial charge in [-0.25, -0.2) is 0 Å². The van der Waals surface area contributed by atoms with E-state index in [4.69, 9.17) is 0 Å². The van der Waals surface area contributed by atoms with Crippen LogP contribution in [0.1, 0.15) is 11.1 Å². The third-order valence-corrected chi connectivity index (χ3v) is 4.91. The largest absolute Gasteiger partial charge is 0.502 e. The molecule has 0 spiro atoms. The van der Waals surface area contributed by atoms with E-state index in [0.717, 1.165) is 16.5 Å². The van der Waals surface area contributed by atoms with E-state index in [2.05, 4.69) is 5.32 Å². The molecule has 2 aromatic carbocycles. The van der Waals surface area contributed by atoms with Crippen LogP contribution in [-0.2, 0) is 9.59 Å². The first-order valence-corrected chi connectivity index (χ1v) is 9.16. The molecular weight excluding hydrogens is 398 g/mol. The standard InChI is InChI=1S/C19H15N3O6S/c1-11-4-2-6-13(8-11)20-16(23)10-21-18(25)15(29-19(21)26)9-12-5-3-7-14(17(12)24)22(27)28/h2-9,24H,10H2,1H3,(H,20,23)/b15-9-. The second kappa shape index (κ2) is 8.15. The molecule has 1 saturated heterocycles. The minimum atomic E-state index is -0.756. The van der Waals surface area contributed by atoms with Gasteiger partial charge in [0.15, 0.2) is 0 Å². The maximum atomic E-state index is 12.5. The number of hydrogen-bond acceptors (Lipinski definition) is 7. The number of hydrogen-bond donors (Lipinski definition) is 2. The zero-order valence-electron chi connectivity index (χ0n) is 15.1. The number of phenolic OH excluding ortho intramolecular Hbond substituents is 1. The molecule has 1 fully saturated rings. The van der Waals surface area contributed by atoms with Crippen molar-refractivity contribution in [3.63, 3.8) is 0 Å². The van der Waals surface area contributed by atoms with Crippen LogP contribution in [0.3, 0.4) is 0 Å². The lowest BCUT2D eigenvalue weighted by Gasteiger charge is -2.12. The average molecular weight is 413 g/mol. The van der Waals surface area contributed by atoms with Gasteiger partial charge in [0.1, 0.15) is 6.54 Å². The lowest BCUT2D eigenvalue weighted by atomic mass is 10.1. The fraction of sp³-hybridized carbons (Fsp3) is 0.105. The number of nitro benzene ring substituents is 1. The van der Waals surface area contributed by atoms with Crippen molar-refractivity contribution in [1.82, 2.24) is 4.90 Å². The molecule has 0 atom stereocenters. The van der Waals surface area contributed by atoms with E-state index in [1.165, 1.54) is 18.2 Å². The zero-order chi connectivity index (χ0) is 21.1. The van der Waals surface area contributed by atoms with E-state index >= 15 is 0 Å². The van der Waals surface area contributed by atoms with Gasteiger partial charge >= 0.3 is 5.69 Å². The van der Waals surface area contributed by atoms with Crippen LogP contribution >= 0.6 is 11.8 Å². The highest BCUT2D eigenvalue weighted by Gasteiger charge is 2.36. The van der Waals surface area contributed by atoms with E-state index in [1.54, 1.807) is 18.2 Å². The number of nitrogens with zero attached hydrogens (tertiary/aromatic N) is 2. The van der Waals surface area contributed by atoms with Gasteiger partial charge in [-0.1, -0.05) is 24.3 Å². The van der Waals surface area contributed by atoms with Crippen molar-refractivity contribution in [2.45, 2.75) is 6.92 Å². The van der Waals surface area contributed by atoms with E-state index in [0.29, 0.717) is 17.4 Å². The molecule has 3 rings (SSSR count). The number of benzene rings is 2. The molecule has 9 nitrogen and oxygen atoms in total. The first-order valence-electron chi connectivity index (χ1n) is 8.34. The molecule has 0 aromatic heterocycles. The highest BCUT2D eigenvalue weighted by molar-refractivity contribution is 8.18. The molecular formula is C19H15N3O6S. The zero-order valence-corrected chi connectivity index (χ0v) is 15.9. The van der Waals surface area contributed by atoms with Crippen LogP contribution in [-0.4, -0.2) is 38.5 Å². The maximum absolute atomic E-state index is 12.5. The van der Waals surface area contributed by atoms with Crippen LogP contribution in [0.15, 0.2) is 47.4 Å². The summed E-state index contributed by atoms with van der Waals surface area (Å²) in [4.78, 5) is 47.8. The second-order valence-corrected chi connectivity index (χ2v) is 7.15. The predicted molar refractivity (Wildman–Crippen MR) is 107 cm³/mol. The Balaban J connectivity index is 1.76. The molecule has 29 heavy (non-hydrogen) atoms. The number of imide groups is 1. The van der Waals surface area contributed by atoms with Gasteiger partial charge in [-0.15, -0.1) is 0 Å². The quantitative estimate of drug-likeness (QED) is 0.437. The van der Waals surface area contributed by atoms with Gasteiger partial charge in [0.05, 0.1) is 9.83 Å². The summed E-state index contributed by atoms with van der Waals surface area (Å²) in [5, 5.41) is 22.9. The van der Waals surface area contributed by atoms with Gasteiger partial charge in [-0.3, -0.25) is 29.4 Å². The Labute approximate surface area is 169 Å². The molecule has 1 heterocycles. The fourth-order valence-electron chi connectivity index (χ4n) is 2.66. The Bertz CT molecular complexity index is 1070. The summed E-state index contributed by atoms with van der Waals surface area (Å²) in [5.41, 5.74) is 0.983. The Morgan fingerprint density at radius 2 is 2.00 bits per heavy atom. The van der Waals surface area contributed by atoms with Crippen molar-refractivity contribution in [3.05, 3.63) is 68.6 Å². The van der Waals surface area contributed by atoms with Crippen molar-refractivity contribution in [2.24, 2.45) is 0 Å². The summed E-state index contributed by atoms with van der Waals surface area (Å²) in [6.45, 7) is 1.39. The van der Waals surface area contributed by atoms with Gasteiger partial charge in [-0.05, 0) is 42.5 Å². The number of rotatable bonds is 5. The van der Waals surface area contributed by atoms with Crippen molar-refractivity contribution < 1.29 is 24.4 Å². The number of carbonyl (C=O) groups is 3. The number of anilines is 1. The highest BCUT2D eigenvalue weighted by Crippen LogP contribution is 2.36. The molecule has 10 heteroatoms. The topological polar surface area (TPSA) is 130 Å². The van der Waals surface area contributed by atoms with Crippen molar-refractivity contribution in [2.75, 3.05) is 11.9 Å². The lowest BCUT2D eigenvalue weighted by molar-refractivity contribution is -0.385. The molecule has 3 amide bonds. The van der Waals surface area contributed by atoms with Crippen molar-refractivity contribution in [3.8, 4) is 5.75 Å². The summed E-state index contributed by atoms with van der Waals surface area (Å²) >= 11 is 0.588. The van der Waals surface area contributed by atoms with E-state index in [1.807, 2.05) is 13.0 Å². The van der Waals surface area contributed by atoms with Gasteiger partial charge in [0, 0.05) is 17.3 Å². The third-order valence-electron chi connectivity index (χ3n) is 4.01. The molecule has 1 aliphatic heterocycles. The van der Waals surface area contributed by atoms with E-state index < -0.39 is 40.0 Å². The number of nitrogens with one attached hydrogen (secondary N) is 1. The number of phenols is 1. The second-order valence-electron chi connectivity index (χ2n) is 6.16. The number of aromatic hydroxyl groups is 1. The molecule has 0 bridgehead atoms. The third kappa shape index (κ3) is 4.43. The Morgan fingerprint density at radius 3 is 2.69 bits per heavy atom. The SMILES string of the molecule is Cc1cccc(NC(=O)CN2C(=O)S/C(=C\c3cccc([N+](=O)[O-])c3O)C2=O)c1. The van der Waals surface area contributed by atoms with Gasteiger partial charge in [0.2, 0.25) is 11.7 Å². The normalized spacial score (nSPS) is 15.1. The minimum Gasteiger partial charge on any atom is -0.502 e. The molecule has 2 aromatic rings. The molecule has 0 saturated carbocycles. The van der Waals surface area contributed by atoms with Gasteiger partial charge < -0.3 is 10.4 Å². The summed E-state index contributed by atoms with van der Waals surface area (Å²) in [7, 11) is 0. The summed E-state index contributed by atoms with van der Waals surface area (Å²) < 4.78 is 0. The van der Waals surface area contributed by atoms with Crippen molar-refractivity contribution >= 4 is 46.3 Å². The lowest BCUT2D eigenvalue weighted by Crippen LogP contribution is -2.36. The number of amides is 3. The van der Waals surface area contributed by atoms with Crippen LogP contribution in [0.4, 0.5) is 16.2 Å². The Morgan fingerprint density at radius 1 is 1.28 bits per heavy atom. The Hall–Kier alpha value is -3.66. The number of para-hydroxylation sites is 1. The van der Waals surface area contributed by atoms with E-state index in [-0.39, 0.29) is 10.5 Å². The van der Waals surface area contributed by atoms with E-state index in [9.17, 15) is 29.6 Å².